The molecule has 5 nitrogen and oxygen atoms in total. The van der Waals surface area contributed by atoms with E-state index >= 15 is 0 Å². The number of hydrogen-bond acceptors (Lipinski definition) is 5. The van der Waals surface area contributed by atoms with Gasteiger partial charge >= 0.3 is 5.97 Å². The van der Waals surface area contributed by atoms with Crippen molar-refractivity contribution >= 4 is 34.3 Å². The Balaban J connectivity index is 1.69. The standard InChI is InChI=1S/C27H22ClNO4/c1-16-4-6-19(7-5-16)26(30)17(2)33-27(31)23-15-25(18-8-11-21(32-3)12-9-18)29-24-13-10-20(28)14-22(23)24/h4-15,17H,1-3H3/t17-/m0/s1. The molecule has 1 aromatic heterocycles. The van der Waals surface area contributed by atoms with Crippen molar-refractivity contribution < 1.29 is 19.1 Å². The lowest BCUT2D eigenvalue weighted by molar-refractivity contribution is 0.0320. The van der Waals surface area contributed by atoms with Gasteiger partial charge in [0.1, 0.15) is 5.75 Å². The number of carbonyl (C=O) groups excluding carboxylic acids is 2. The van der Waals surface area contributed by atoms with E-state index in [-0.39, 0.29) is 11.3 Å². The Morgan fingerprint density at radius 2 is 1.64 bits per heavy atom. The van der Waals surface area contributed by atoms with Crippen LogP contribution in [-0.2, 0) is 4.74 Å². The number of esters is 1. The van der Waals surface area contributed by atoms with E-state index in [1.807, 2.05) is 43.3 Å². The highest BCUT2D eigenvalue weighted by Gasteiger charge is 2.23. The first-order valence-corrected chi connectivity index (χ1v) is 10.8. The van der Waals surface area contributed by atoms with E-state index < -0.39 is 12.1 Å². The third kappa shape index (κ3) is 4.89. The van der Waals surface area contributed by atoms with Crippen LogP contribution in [0, 0.1) is 6.92 Å². The van der Waals surface area contributed by atoms with Crippen LogP contribution in [0.4, 0.5) is 0 Å². The van der Waals surface area contributed by atoms with E-state index in [0.717, 1.165) is 16.9 Å². The number of fused-ring (bicyclic) bond motifs is 1. The molecule has 1 heterocycles. The SMILES string of the molecule is COc1ccc(-c2cc(C(=O)O[C@@H](C)C(=O)c3ccc(C)cc3)c3cc(Cl)ccc3n2)cc1. The fraction of sp³-hybridized carbons (Fsp3) is 0.148. The molecular formula is C27H22ClNO4. The van der Waals surface area contributed by atoms with E-state index in [1.54, 1.807) is 50.4 Å². The van der Waals surface area contributed by atoms with E-state index in [4.69, 9.17) is 21.1 Å². The molecule has 0 aliphatic heterocycles. The summed E-state index contributed by atoms with van der Waals surface area (Å²) in [5.41, 5.74) is 3.82. The maximum absolute atomic E-state index is 13.2. The molecule has 0 fully saturated rings. The summed E-state index contributed by atoms with van der Waals surface area (Å²) in [6.07, 6.45) is -0.952. The number of aromatic nitrogens is 1. The smallest absolute Gasteiger partial charge is 0.339 e. The quantitative estimate of drug-likeness (QED) is 0.250. The largest absolute Gasteiger partial charge is 0.497 e. The average molecular weight is 460 g/mol. The zero-order valence-corrected chi connectivity index (χ0v) is 19.2. The van der Waals surface area contributed by atoms with Crippen LogP contribution in [-0.4, -0.2) is 30.0 Å². The van der Waals surface area contributed by atoms with Gasteiger partial charge in [0.05, 0.1) is 23.9 Å². The summed E-state index contributed by atoms with van der Waals surface area (Å²) < 4.78 is 10.8. The van der Waals surface area contributed by atoms with Crippen molar-refractivity contribution in [2.24, 2.45) is 0 Å². The number of aryl methyl sites for hydroxylation is 1. The van der Waals surface area contributed by atoms with Gasteiger partial charge in [-0.2, -0.15) is 0 Å². The first-order chi connectivity index (χ1) is 15.9. The van der Waals surface area contributed by atoms with Gasteiger partial charge in [0.25, 0.3) is 0 Å². The molecule has 0 radical (unpaired) electrons. The number of nitrogens with zero attached hydrogens (tertiary/aromatic N) is 1. The van der Waals surface area contributed by atoms with E-state index in [9.17, 15) is 9.59 Å². The minimum atomic E-state index is -0.952. The van der Waals surface area contributed by atoms with Gasteiger partial charge < -0.3 is 9.47 Å². The predicted molar refractivity (Wildman–Crippen MR) is 129 cm³/mol. The number of ether oxygens (including phenoxy) is 2. The molecule has 0 saturated heterocycles. The minimum Gasteiger partial charge on any atom is -0.497 e. The lowest BCUT2D eigenvalue weighted by Gasteiger charge is -2.15. The second-order valence-electron chi connectivity index (χ2n) is 7.72. The first-order valence-electron chi connectivity index (χ1n) is 10.4. The summed E-state index contributed by atoms with van der Waals surface area (Å²) in [5.74, 6) is -0.170. The molecule has 33 heavy (non-hydrogen) atoms. The van der Waals surface area contributed by atoms with Crippen LogP contribution in [0.25, 0.3) is 22.2 Å². The van der Waals surface area contributed by atoms with E-state index in [2.05, 4.69) is 4.98 Å². The summed E-state index contributed by atoms with van der Waals surface area (Å²) in [4.78, 5) is 30.6. The molecule has 6 heteroatoms. The van der Waals surface area contributed by atoms with Crippen LogP contribution in [0.15, 0.2) is 72.8 Å². The average Bonchev–Trinajstić information content (AvgIpc) is 2.83. The second kappa shape index (κ2) is 9.43. The first kappa shape index (κ1) is 22.5. The molecule has 0 unspecified atom stereocenters. The highest BCUT2D eigenvalue weighted by molar-refractivity contribution is 6.31. The van der Waals surface area contributed by atoms with Crippen molar-refractivity contribution in [2.45, 2.75) is 20.0 Å². The topological polar surface area (TPSA) is 65.5 Å². The molecule has 0 N–H and O–H groups in total. The van der Waals surface area contributed by atoms with Gasteiger partial charge in [0.15, 0.2) is 6.10 Å². The summed E-state index contributed by atoms with van der Waals surface area (Å²) in [7, 11) is 1.60. The number of methoxy groups -OCH3 is 1. The predicted octanol–water partition coefficient (Wildman–Crippen LogP) is 6.30. The van der Waals surface area contributed by atoms with Crippen molar-refractivity contribution in [3.8, 4) is 17.0 Å². The van der Waals surface area contributed by atoms with Crippen molar-refractivity contribution in [3.05, 3.63) is 94.5 Å². The molecule has 4 aromatic rings. The Morgan fingerprint density at radius 1 is 0.939 bits per heavy atom. The second-order valence-corrected chi connectivity index (χ2v) is 8.16. The fourth-order valence-electron chi connectivity index (χ4n) is 3.51. The highest BCUT2D eigenvalue weighted by Crippen LogP contribution is 2.29. The minimum absolute atomic E-state index is 0.268. The summed E-state index contributed by atoms with van der Waals surface area (Å²) in [6.45, 7) is 3.51. The number of halogens is 1. The van der Waals surface area contributed by atoms with E-state index in [1.165, 1.54) is 0 Å². The number of carbonyl (C=O) groups is 2. The van der Waals surface area contributed by atoms with Gasteiger partial charge in [-0.05, 0) is 62.4 Å². The lowest BCUT2D eigenvalue weighted by Crippen LogP contribution is -2.24. The molecule has 1 atom stereocenters. The number of hydrogen-bond donors (Lipinski definition) is 0. The number of benzene rings is 3. The zero-order chi connectivity index (χ0) is 23.5. The Labute approximate surface area is 196 Å². The van der Waals surface area contributed by atoms with Crippen molar-refractivity contribution in [1.29, 1.82) is 0 Å². The lowest BCUT2D eigenvalue weighted by atomic mass is 10.0. The molecule has 0 aliphatic carbocycles. The fourth-order valence-corrected chi connectivity index (χ4v) is 3.68. The molecule has 0 bridgehead atoms. The monoisotopic (exact) mass is 459 g/mol. The van der Waals surface area contributed by atoms with Crippen LogP contribution in [0.5, 0.6) is 5.75 Å². The maximum atomic E-state index is 13.2. The van der Waals surface area contributed by atoms with Gasteiger partial charge in [0, 0.05) is 21.5 Å². The van der Waals surface area contributed by atoms with Crippen LogP contribution in [0.1, 0.15) is 33.2 Å². The maximum Gasteiger partial charge on any atom is 0.339 e. The molecule has 0 aliphatic rings. The zero-order valence-electron chi connectivity index (χ0n) is 18.5. The number of pyridine rings is 1. The highest BCUT2D eigenvalue weighted by atomic mass is 35.5. The van der Waals surface area contributed by atoms with Crippen molar-refractivity contribution in [1.82, 2.24) is 4.98 Å². The molecule has 0 spiro atoms. The van der Waals surface area contributed by atoms with Crippen molar-refractivity contribution in [3.63, 3.8) is 0 Å². The normalized spacial score (nSPS) is 11.8. The van der Waals surface area contributed by atoms with Crippen LogP contribution < -0.4 is 4.74 Å². The third-order valence-corrected chi connectivity index (χ3v) is 5.60. The van der Waals surface area contributed by atoms with Gasteiger partial charge in [-0.3, -0.25) is 4.79 Å². The summed E-state index contributed by atoms with van der Waals surface area (Å²) in [6, 6.07) is 21.3. The summed E-state index contributed by atoms with van der Waals surface area (Å²) >= 11 is 6.19. The van der Waals surface area contributed by atoms with Gasteiger partial charge in [-0.15, -0.1) is 0 Å². The Hall–Kier alpha value is -3.70. The van der Waals surface area contributed by atoms with Gasteiger partial charge in [-0.25, -0.2) is 9.78 Å². The Morgan fingerprint density at radius 3 is 2.30 bits per heavy atom. The number of rotatable bonds is 6. The van der Waals surface area contributed by atoms with Crippen LogP contribution in [0.3, 0.4) is 0 Å². The molecule has 0 saturated carbocycles. The Bertz CT molecular complexity index is 1330. The molecule has 166 valence electrons. The van der Waals surface area contributed by atoms with E-state index in [0.29, 0.717) is 27.2 Å². The van der Waals surface area contributed by atoms with Crippen molar-refractivity contribution in [2.75, 3.05) is 7.11 Å². The van der Waals surface area contributed by atoms with Crippen LogP contribution >= 0.6 is 11.6 Å². The number of ketones is 1. The number of Topliss-reactive ketones (excluding diaryl/α,β-unsaturated/α-hetero) is 1. The molecular weight excluding hydrogens is 438 g/mol. The van der Waals surface area contributed by atoms with Gasteiger partial charge in [0.2, 0.25) is 5.78 Å². The van der Waals surface area contributed by atoms with Crippen LogP contribution in [0.2, 0.25) is 5.02 Å². The Kier molecular flexibility index (Phi) is 6.43. The molecule has 4 rings (SSSR count). The molecule has 0 amide bonds. The third-order valence-electron chi connectivity index (χ3n) is 5.37. The molecule has 3 aromatic carbocycles. The summed E-state index contributed by atoms with van der Waals surface area (Å²) in [5, 5.41) is 1.03. The van der Waals surface area contributed by atoms with Gasteiger partial charge in [-0.1, -0.05) is 41.4 Å².